The second-order valence-corrected chi connectivity index (χ2v) is 12.4. The van der Waals surface area contributed by atoms with Crippen LogP contribution >= 0.6 is 0 Å². The number of rotatable bonds is 6. The molecule has 234 valence electrons. The smallest absolute Gasteiger partial charge is 0.164 e. The minimum Gasteiger partial charge on any atom is -0.208 e. The lowest BCUT2D eigenvalue weighted by atomic mass is 9.85. The number of benzene rings is 8. The summed E-state index contributed by atoms with van der Waals surface area (Å²) in [6.45, 7) is 0. The van der Waals surface area contributed by atoms with Gasteiger partial charge in [0.25, 0.3) is 0 Å². The molecule has 0 saturated heterocycles. The van der Waals surface area contributed by atoms with Gasteiger partial charge in [0.05, 0.1) is 0 Å². The van der Waals surface area contributed by atoms with Crippen molar-refractivity contribution in [2.45, 2.75) is 0 Å². The molecule has 0 amide bonds. The van der Waals surface area contributed by atoms with E-state index in [2.05, 4.69) is 158 Å². The molecule has 0 saturated carbocycles. The highest BCUT2D eigenvalue weighted by atomic mass is 15.0. The molecule has 0 bridgehead atoms. The monoisotopic (exact) mass is 637 g/mol. The standard InChI is InChI=1S/C47H31N3/c1-5-17-32(18-6-1)37-25-13-16-28-41(37)47-49-45(35-23-11-4-12-24-35)48-46(50-47)36-29-30-40-42(31-36)44(34-21-9-3-10-22-34)39-27-15-14-26-38(39)43(40)33-19-7-2-8-20-33/h1-31H. The number of hydrogen-bond acceptors (Lipinski definition) is 3. The third kappa shape index (κ3) is 5.32. The van der Waals surface area contributed by atoms with E-state index >= 15 is 0 Å². The molecule has 50 heavy (non-hydrogen) atoms. The summed E-state index contributed by atoms with van der Waals surface area (Å²) in [5.41, 5.74) is 9.81. The molecule has 0 aliphatic carbocycles. The molecule has 3 heteroatoms. The molecule has 1 heterocycles. The van der Waals surface area contributed by atoms with E-state index in [1.165, 1.54) is 38.4 Å². The average Bonchev–Trinajstić information content (AvgIpc) is 3.21. The summed E-state index contributed by atoms with van der Waals surface area (Å²) < 4.78 is 0. The minimum atomic E-state index is 0.632. The van der Waals surface area contributed by atoms with Crippen molar-refractivity contribution >= 4 is 21.5 Å². The van der Waals surface area contributed by atoms with Crippen molar-refractivity contribution < 1.29 is 0 Å². The van der Waals surface area contributed by atoms with Crippen LogP contribution in [0, 0.1) is 0 Å². The van der Waals surface area contributed by atoms with Crippen molar-refractivity contribution in [1.29, 1.82) is 0 Å². The zero-order valence-electron chi connectivity index (χ0n) is 27.2. The minimum absolute atomic E-state index is 0.632. The Morgan fingerprint density at radius 3 is 1.22 bits per heavy atom. The Bertz CT molecular complexity index is 2620. The maximum Gasteiger partial charge on any atom is 0.164 e. The van der Waals surface area contributed by atoms with Crippen molar-refractivity contribution in [3.05, 3.63) is 188 Å². The normalized spacial score (nSPS) is 11.2. The molecular formula is C47H31N3. The summed E-state index contributed by atoms with van der Waals surface area (Å²) in [5, 5.41) is 4.77. The first kappa shape index (κ1) is 29.4. The molecular weight excluding hydrogens is 607 g/mol. The van der Waals surface area contributed by atoms with Crippen LogP contribution in [0.25, 0.3) is 89.1 Å². The van der Waals surface area contributed by atoms with Gasteiger partial charge in [0.15, 0.2) is 17.5 Å². The highest BCUT2D eigenvalue weighted by Gasteiger charge is 2.20. The zero-order valence-corrected chi connectivity index (χ0v) is 27.2. The summed E-state index contributed by atoms with van der Waals surface area (Å²) in [5.74, 6) is 1.91. The lowest BCUT2D eigenvalue weighted by Crippen LogP contribution is -2.01. The van der Waals surface area contributed by atoms with Crippen LogP contribution in [-0.4, -0.2) is 15.0 Å². The molecule has 0 aliphatic heterocycles. The van der Waals surface area contributed by atoms with Gasteiger partial charge in [-0.15, -0.1) is 0 Å². The van der Waals surface area contributed by atoms with E-state index < -0.39 is 0 Å². The largest absolute Gasteiger partial charge is 0.208 e. The first-order chi connectivity index (χ1) is 24.8. The molecule has 0 N–H and O–H groups in total. The molecule has 1 aromatic heterocycles. The summed E-state index contributed by atoms with van der Waals surface area (Å²) in [7, 11) is 0. The molecule has 3 nitrogen and oxygen atoms in total. The molecule has 0 fully saturated rings. The number of aromatic nitrogens is 3. The molecule has 0 aliphatic rings. The number of nitrogens with zero attached hydrogens (tertiary/aromatic N) is 3. The van der Waals surface area contributed by atoms with Gasteiger partial charge in [-0.25, -0.2) is 15.0 Å². The highest BCUT2D eigenvalue weighted by molar-refractivity contribution is 6.21. The van der Waals surface area contributed by atoms with Gasteiger partial charge in [-0.2, -0.15) is 0 Å². The quantitative estimate of drug-likeness (QED) is 0.170. The molecule has 9 rings (SSSR count). The SMILES string of the molecule is c1ccc(-c2nc(-c3ccc4c(-c5ccccc5)c5ccccc5c(-c5ccccc5)c4c3)nc(-c3ccccc3-c3ccccc3)n2)cc1. The second-order valence-electron chi connectivity index (χ2n) is 12.4. The zero-order chi connectivity index (χ0) is 33.3. The van der Waals surface area contributed by atoms with Gasteiger partial charge in [0.2, 0.25) is 0 Å². The van der Waals surface area contributed by atoms with E-state index in [-0.39, 0.29) is 0 Å². The first-order valence-corrected chi connectivity index (χ1v) is 16.9. The molecule has 9 aromatic rings. The van der Waals surface area contributed by atoms with Crippen molar-refractivity contribution in [2.24, 2.45) is 0 Å². The van der Waals surface area contributed by atoms with Gasteiger partial charge in [0.1, 0.15) is 0 Å². The first-order valence-electron chi connectivity index (χ1n) is 16.9. The fourth-order valence-electron chi connectivity index (χ4n) is 7.04. The van der Waals surface area contributed by atoms with Crippen molar-refractivity contribution in [2.75, 3.05) is 0 Å². The summed E-state index contributed by atoms with van der Waals surface area (Å²) in [4.78, 5) is 15.4. The van der Waals surface area contributed by atoms with Gasteiger partial charge in [0, 0.05) is 16.7 Å². The van der Waals surface area contributed by atoms with Crippen LogP contribution in [0.3, 0.4) is 0 Å². The predicted molar refractivity (Wildman–Crippen MR) is 207 cm³/mol. The fourth-order valence-corrected chi connectivity index (χ4v) is 7.04. The Kier molecular flexibility index (Phi) is 7.49. The number of hydrogen-bond donors (Lipinski definition) is 0. The highest BCUT2D eigenvalue weighted by Crippen LogP contribution is 2.44. The Morgan fingerprint density at radius 2 is 0.640 bits per heavy atom. The summed E-state index contributed by atoms with van der Waals surface area (Å²) >= 11 is 0. The van der Waals surface area contributed by atoms with Gasteiger partial charge in [-0.3, -0.25) is 0 Å². The summed E-state index contributed by atoms with van der Waals surface area (Å²) in [6.07, 6.45) is 0. The third-order valence-electron chi connectivity index (χ3n) is 9.33. The molecule has 0 spiro atoms. The van der Waals surface area contributed by atoms with Crippen molar-refractivity contribution in [3.8, 4) is 67.5 Å². The Labute approximate surface area is 291 Å². The van der Waals surface area contributed by atoms with Crippen LogP contribution in [0.1, 0.15) is 0 Å². The lowest BCUT2D eigenvalue weighted by Gasteiger charge is -2.18. The van der Waals surface area contributed by atoms with E-state index in [4.69, 9.17) is 15.0 Å². The predicted octanol–water partition coefficient (Wildman–Crippen LogP) is 12.2. The van der Waals surface area contributed by atoms with Crippen molar-refractivity contribution in [3.63, 3.8) is 0 Å². The van der Waals surface area contributed by atoms with E-state index in [1.807, 2.05) is 30.3 Å². The van der Waals surface area contributed by atoms with E-state index in [0.717, 1.165) is 33.2 Å². The van der Waals surface area contributed by atoms with Crippen LogP contribution in [-0.2, 0) is 0 Å². The Balaban J connectivity index is 1.34. The van der Waals surface area contributed by atoms with Gasteiger partial charge in [-0.05, 0) is 61.0 Å². The van der Waals surface area contributed by atoms with Crippen molar-refractivity contribution in [1.82, 2.24) is 15.0 Å². The van der Waals surface area contributed by atoms with Crippen LogP contribution in [0.4, 0.5) is 0 Å². The van der Waals surface area contributed by atoms with Crippen LogP contribution in [0.5, 0.6) is 0 Å². The Hall–Kier alpha value is -6.71. The maximum absolute atomic E-state index is 5.22. The number of fused-ring (bicyclic) bond motifs is 2. The average molecular weight is 638 g/mol. The molecule has 8 aromatic carbocycles. The second kappa shape index (κ2) is 12.7. The Morgan fingerprint density at radius 1 is 0.240 bits per heavy atom. The van der Waals surface area contributed by atoms with E-state index in [9.17, 15) is 0 Å². The van der Waals surface area contributed by atoms with Gasteiger partial charge >= 0.3 is 0 Å². The third-order valence-corrected chi connectivity index (χ3v) is 9.33. The van der Waals surface area contributed by atoms with E-state index in [1.54, 1.807) is 0 Å². The molecule has 0 atom stereocenters. The van der Waals surface area contributed by atoms with Crippen LogP contribution < -0.4 is 0 Å². The maximum atomic E-state index is 5.22. The van der Waals surface area contributed by atoms with Crippen LogP contribution in [0.2, 0.25) is 0 Å². The fraction of sp³-hybridized carbons (Fsp3) is 0. The van der Waals surface area contributed by atoms with Gasteiger partial charge in [-0.1, -0.05) is 182 Å². The van der Waals surface area contributed by atoms with Crippen LogP contribution in [0.15, 0.2) is 188 Å². The molecule has 0 radical (unpaired) electrons. The summed E-state index contributed by atoms with van der Waals surface area (Å²) in [6, 6.07) is 65.7. The lowest BCUT2D eigenvalue weighted by molar-refractivity contribution is 1.07. The van der Waals surface area contributed by atoms with Gasteiger partial charge < -0.3 is 0 Å². The topological polar surface area (TPSA) is 38.7 Å². The molecule has 0 unspecified atom stereocenters. The van der Waals surface area contributed by atoms with E-state index in [0.29, 0.717) is 17.5 Å².